The number of rotatable bonds is 5. The van der Waals surface area contributed by atoms with Gasteiger partial charge in [0.05, 0.1) is 16.0 Å². The van der Waals surface area contributed by atoms with Crippen LogP contribution in [0.3, 0.4) is 0 Å². The Labute approximate surface area is 148 Å². The number of non-ortho nitro benzene ring substituents is 1. The van der Waals surface area contributed by atoms with E-state index in [4.69, 9.17) is 0 Å². The lowest BCUT2D eigenvalue weighted by atomic mass is 10.1. The summed E-state index contributed by atoms with van der Waals surface area (Å²) in [5.41, 5.74) is -0.234. The van der Waals surface area contributed by atoms with Crippen molar-refractivity contribution in [2.45, 2.75) is 4.90 Å². The first-order chi connectivity index (χ1) is 12.4. The van der Waals surface area contributed by atoms with E-state index in [0.29, 0.717) is 0 Å². The van der Waals surface area contributed by atoms with Crippen molar-refractivity contribution >= 4 is 32.7 Å². The maximum atomic E-state index is 12.3. The Morgan fingerprint density at radius 3 is 2.50 bits per heavy atom. The second kappa shape index (κ2) is 6.81. The van der Waals surface area contributed by atoms with Gasteiger partial charge < -0.3 is 5.11 Å². The molecule has 0 spiro atoms. The Bertz CT molecular complexity index is 1130. The number of nitrogens with one attached hydrogen (secondary N) is 1. The van der Waals surface area contributed by atoms with Crippen molar-refractivity contribution in [1.29, 1.82) is 0 Å². The van der Waals surface area contributed by atoms with E-state index in [0.717, 1.165) is 35.2 Å². The highest BCUT2D eigenvalue weighted by Crippen LogP contribution is 2.21. The number of hydrogen-bond acceptors (Lipinski definition) is 6. The number of hydrazone groups is 1. The van der Waals surface area contributed by atoms with Gasteiger partial charge in [0, 0.05) is 17.7 Å². The minimum absolute atomic E-state index is 0.0143. The number of phenols is 1. The van der Waals surface area contributed by atoms with E-state index in [1.54, 1.807) is 18.2 Å². The Hall–Kier alpha value is -3.46. The zero-order chi connectivity index (χ0) is 18.7. The quantitative estimate of drug-likeness (QED) is 0.406. The maximum Gasteiger partial charge on any atom is 0.276 e. The number of sulfonamides is 1. The molecule has 0 aromatic heterocycles. The largest absolute Gasteiger partial charge is 0.507 e. The first-order valence-corrected chi connectivity index (χ1v) is 8.86. The molecule has 8 nitrogen and oxygen atoms in total. The molecule has 0 atom stereocenters. The van der Waals surface area contributed by atoms with Crippen molar-refractivity contribution in [3.8, 4) is 5.75 Å². The Kier molecular flexibility index (Phi) is 4.55. The van der Waals surface area contributed by atoms with Gasteiger partial charge in [-0.2, -0.15) is 13.5 Å². The first kappa shape index (κ1) is 17.4. The monoisotopic (exact) mass is 371 g/mol. The molecule has 3 aromatic rings. The van der Waals surface area contributed by atoms with Gasteiger partial charge >= 0.3 is 0 Å². The number of phenolic OH excluding ortho intramolecular Hbond substituents is 1. The zero-order valence-electron chi connectivity index (χ0n) is 13.2. The normalized spacial score (nSPS) is 11.7. The predicted octanol–water partition coefficient (Wildman–Crippen LogP) is 2.77. The lowest BCUT2D eigenvalue weighted by molar-refractivity contribution is -0.384. The number of fused-ring (bicyclic) bond motifs is 1. The Morgan fingerprint density at radius 2 is 1.77 bits per heavy atom. The topological polar surface area (TPSA) is 122 Å². The maximum absolute atomic E-state index is 12.3. The van der Waals surface area contributed by atoms with Crippen molar-refractivity contribution in [1.82, 2.24) is 4.83 Å². The molecule has 3 aromatic carbocycles. The van der Waals surface area contributed by atoms with E-state index in [9.17, 15) is 23.6 Å². The summed E-state index contributed by atoms with van der Waals surface area (Å²) in [5, 5.41) is 25.7. The molecule has 0 amide bonds. The van der Waals surface area contributed by atoms with Crippen LogP contribution in [-0.2, 0) is 10.0 Å². The fraction of sp³-hybridized carbons (Fsp3) is 0. The first-order valence-electron chi connectivity index (χ1n) is 7.38. The van der Waals surface area contributed by atoms with Gasteiger partial charge in [0.25, 0.3) is 15.7 Å². The number of benzene rings is 3. The van der Waals surface area contributed by atoms with E-state index < -0.39 is 14.9 Å². The summed E-state index contributed by atoms with van der Waals surface area (Å²) < 4.78 is 24.7. The molecule has 26 heavy (non-hydrogen) atoms. The molecule has 0 bridgehead atoms. The van der Waals surface area contributed by atoms with Crippen molar-refractivity contribution < 1.29 is 18.4 Å². The summed E-state index contributed by atoms with van der Waals surface area (Å²) in [7, 11) is -3.92. The van der Waals surface area contributed by atoms with Crippen LogP contribution < -0.4 is 4.83 Å². The van der Waals surface area contributed by atoms with Gasteiger partial charge in [-0.3, -0.25) is 10.1 Å². The third-order valence-electron chi connectivity index (χ3n) is 3.63. The van der Waals surface area contributed by atoms with E-state index in [2.05, 4.69) is 5.10 Å². The van der Waals surface area contributed by atoms with Crippen LogP contribution in [0.4, 0.5) is 5.69 Å². The SMILES string of the molecule is O=[N+]([O-])c1ccc(O)c(/C=N\NS(=O)(=O)c2ccc3ccccc3c2)c1. The molecule has 0 aliphatic rings. The highest BCUT2D eigenvalue weighted by molar-refractivity contribution is 7.89. The van der Waals surface area contributed by atoms with Crippen LogP contribution in [0.1, 0.15) is 5.56 Å². The number of nitro groups is 1. The van der Waals surface area contributed by atoms with Gasteiger partial charge in [-0.15, -0.1) is 0 Å². The van der Waals surface area contributed by atoms with Gasteiger partial charge in [0.1, 0.15) is 5.75 Å². The van der Waals surface area contributed by atoms with Crippen molar-refractivity contribution in [2.24, 2.45) is 5.10 Å². The van der Waals surface area contributed by atoms with Crippen LogP contribution >= 0.6 is 0 Å². The predicted molar refractivity (Wildman–Crippen MR) is 96.6 cm³/mol. The van der Waals surface area contributed by atoms with Crippen molar-refractivity contribution in [3.63, 3.8) is 0 Å². The summed E-state index contributed by atoms with van der Waals surface area (Å²) in [5.74, 6) is -0.260. The van der Waals surface area contributed by atoms with Gasteiger partial charge in [-0.05, 0) is 29.0 Å². The molecule has 0 saturated heterocycles. The summed E-state index contributed by atoms with van der Waals surface area (Å²) in [6, 6.07) is 15.3. The fourth-order valence-electron chi connectivity index (χ4n) is 2.31. The van der Waals surface area contributed by atoms with Crippen LogP contribution in [0.5, 0.6) is 5.75 Å². The molecule has 0 aliphatic carbocycles. The van der Waals surface area contributed by atoms with Crippen molar-refractivity contribution in [2.75, 3.05) is 0 Å². The van der Waals surface area contributed by atoms with Gasteiger partial charge in [0.2, 0.25) is 0 Å². The second-order valence-electron chi connectivity index (χ2n) is 5.36. The third kappa shape index (κ3) is 3.62. The highest BCUT2D eigenvalue weighted by atomic mass is 32.2. The molecule has 0 saturated carbocycles. The standard InChI is InChI=1S/C17H13N3O5S/c21-17-8-6-15(20(22)23)9-14(17)11-18-19-26(24,25)16-7-5-12-3-1-2-4-13(12)10-16/h1-11,19,21H/b18-11-. The van der Waals surface area contributed by atoms with E-state index in [1.807, 2.05) is 17.0 Å². The Balaban J connectivity index is 1.84. The lowest BCUT2D eigenvalue weighted by Gasteiger charge is -2.05. The second-order valence-corrected chi connectivity index (χ2v) is 7.02. The number of nitrogens with zero attached hydrogens (tertiary/aromatic N) is 2. The molecule has 0 radical (unpaired) electrons. The molecule has 3 rings (SSSR count). The minimum Gasteiger partial charge on any atom is -0.507 e. The van der Waals surface area contributed by atoms with Gasteiger partial charge in [-0.1, -0.05) is 30.3 Å². The summed E-state index contributed by atoms with van der Waals surface area (Å²) >= 11 is 0. The number of aromatic hydroxyl groups is 1. The van der Waals surface area contributed by atoms with Crippen LogP contribution in [0.15, 0.2) is 70.7 Å². The number of hydrogen-bond donors (Lipinski definition) is 2. The smallest absolute Gasteiger partial charge is 0.276 e. The zero-order valence-corrected chi connectivity index (χ0v) is 14.1. The highest BCUT2D eigenvalue weighted by Gasteiger charge is 2.14. The minimum atomic E-state index is -3.92. The lowest BCUT2D eigenvalue weighted by Crippen LogP contribution is -2.18. The molecule has 2 N–H and O–H groups in total. The average molecular weight is 371 g/mol. The molecule has 9 heteroatoms. The van der Waals surface area contributed by atoms with Crippen LogP contribution in [0.2, 0.25) is 0 Å². The molecule has 0 unspecified atom stereocenters. The summed E-state index contributed by atoms with van der Waals surface area (Å²) in [6.07, 6.45) is 1.00. The third-order valence-corrected chi connectivity index (χ3v) is 4.85. The van der Waals surface area contributed by atoms with Crippen LogP contribution in [0, 0.1) is 10.1 Å². The summed E-state index contributed by atoms with van der Waals surface area (Å²) in [4.78, 5) is 12.2. The summed E-state index contributed by atoms with van der Waals surface area (Å²) in [6.45, 7) is 0. The van der Waals surface area contributed by atoms with Crippen LogP contribution in [0.25, 0.3) is 10.8 Å². The van der Waals surface area contributed by atoms with E-state index in [1.165, 1.54) is 12.1 Å². The molecule has 132 valence electrons. The van der Waals surface area contributed by atoms with E-state index >= 15 is 0 Å². The van der Waals surface area contributed by atoms with Crippen LogP contribution in [-0.4, -0.2) is 24.7 Å². The van der Waals surface area contributed by atoms with Gasteiger partial charge in [0.15, 0.2) is 0 Å². The molecule has 0 fully saturated rings. The number of nitro benzene ring substituents is 1. The molecular formula is C17H13N3O5S. The molecule has 0 heterocycles. The molecule has 0 aliphatic heterocycles. The van der Waals surface area contributed by atoms with E-state index in [-0.39, 0.29) is 21.9 Å². The fourth-order valence-corrected chi connectivity index (χ4v) is 3.14. The Morgan fingerprint density at radius 1 is 1.04 bits per heavy atom. The van der Waals surface area contributed by atoms with Gasteiger partial charge in [-0.25, -0.2) is 4.83 Å². The molecular weight excluding hydrogens is 358 g/mol. The average Bonchev–Trinajstić information content (AvgIpc) is 2.62. The van der Waals surface area contributed by atoms with Crippen molar-refractivity contribution in [3.05, 3.63) is 76.3 Å².